The molecule has 0 bridgehead atoms. The van der Waals surface area contributed by atoms with Crippen LogP contribution >= 0.6 is 0 Å². The topological polar surface area (TPSA) is 66.8 Å². The number of rotatable bonds is 4. The quantitative estimate of drug-likeness (QED) is 0.786. The number of nitrogens with one attached hydrogen (secondary N) is 1. The van der Waals surface area contributed by atoms with Crippen molar-refractivity contribution in [1.82, 2.24) is 24.6 Å². The Bertz CT molecular complexity index is 974. The lowest BCUT2D eigenvalue weighted by atomic mass is 10.1. The maximum atomic E-state index is 12.6. The average Bonchev–Trinajstić information content (AvgIpc) is 3.02. The van der Waals surface area contributed by atoms with Crippen molar-refractivity contribution in [1.29, 1.82) is 0 Å². The fraction of sp³-hybridized carbons (Fsp3) is 0.350. The van der Waals surface area contributed by atoms with E-state index in [1.54, 1.807) is 0 Å². The van der Waals surface area contributed by atoms with Crippen LogP contribution in [0.1, 0.15) is 29.4 Å². The molecule has 2 aromatic heterocycles. The number of hydrogen-bond donors (Lipinski definition) is 1. The summed E-state index contributed by atoms with van der Waals surface area (Å²) in [5.41, 5.74) is 4.91. The van der Waals surface area contributed by atoms with Crippen LogP contribution in [0.4, 0.5) is 0 Å². The van der Waals surface area contributed by atoms with E-state index in [2.05, 4.69) is 28.1 Å². The molecule has 1 aromatic carbocycles. The SMILES string of the molecule is CCn1cc(CN2CCc3nc(-c4ccccc4)[nH]c(=O)c3C2)c(C)n1. The highest BCUT2D eigenvalue weighted by atomic mass is 16.1. The van der Waals surface area contributed by atoms with Gasteiger partial charge in [-0.1, -0.05) is 30.3 Å². The summed E-state index contributed by atoms with van der Waals surface area (Å²) in [5.74, 6) is 0.655. The van der Waals surface area contributed by atoms with E-state index in [-0.39, 0.29) is 5.56 Å². The summed E-state index contributed by atoms with van der Waals surface area (Å²) in [5, 5.41) is 4.51. The van der Waals surface area contributed by atoms with Crippen LogP contribution in [-0.4, -0.2) is 31.2 Å². The average molecular weight is 349 g/mol. The van der Waals surface area contributed by atoms with Crippen molar-refractivity contribution >= 4 is 0 Å². The van der Waals surface area contributed by atoms with Gasteiger partial charge in [-0.2, -0.15) is 5.10 Å². The van der Waals surface area contributed by atoms with Gasteiger partial charge >= 0.3 is 0 Å². The second-order valence-electron chi connectivity index (χ2n) is 6.76. The van der Waals surface area contributed by atoms with Crippen molar-refractivity contribution < 1.29 is 0 Å². The molecule has 134 valence electrons. The van der Waals surface area contributed by atoms with Crippen LogP contribution in [0.5, 0.6) is 0 Å². The van der Waals surface area contributed by atoms with E-state index < -0.39 is 0 Å². The second kappa shape index (κ2) is 6.88. The molecule has 1 aliphatic heterocycles. The molecule has 0 amide bonds. The van der Waals surface area contributed by atoms with Crippen LogP contribution in [0.15, 0.2) is 41.3 Å². The molecule has 0 fully saturated rings. The summed E-state index contributed by atoms with van der Waals surface area (Å²) in [6, 6.07) is 9.80. The van der Waals surface area contributed by atoms with E-state index in [9.17, 15) is 4.79 Å². The van der Waals surface area contributed by atoms with Crippen LogP contribution < -0.4 is 5.56 Å². The van der Waals surface area contributed by atoms with E-state index in [4.69, 9.17) is 4.98 Å². The van der Waals surface area contributed by atoms with Gasteiger partial charge in [0.05, 0.1) is 17.0 Å². The number of nitrogens with zero attached hydrogens (tertiary/aromatic N) is 4. The highest BCUT2D eigenvalue weighted by Gasteiger charge is 2.22. The molecule has 0 radical (unpaired) electrons. The van der Waals surface area contributed by atoms with Gasteiger partial charge in [0.1, 0.15) is 5.82 Å². The minimum absolute atomic E-state index is 0.0282. The Morgan fingerprint density at radius 3 is 2.77 bits per heavy atom. The molecule has 3 heterocycles. The van der Waals surface area contributed by atoms with Crippen LogP contribution in [0.3, 0.4) is 0 Å². The Morgan fingerprint density at radius 1 is 1.23 bits per heavy atom. The molecule has 4 rings (SSSR count). The fourth-order valence-electron chi connectivity index (χ4n) is 3.47. The maximum absolute atomic E-state index is 12.6. The molecule has 26 heavy (non-hydrogen) atoms. The van der Waals surface area contributed by atoms with Crippen LogP contribution in [0.2, 0.25) is 0 Å². The number of fused-ring (bicyclic) bond motifs is 1. The normalized spacial score (nSPS) is 14.4. The van der Waals surface area contributed by atoms with Gasteiger partial charge in [-0.15, -0.1) is 0 Å². The van der Waals surface area contributed by atoms with Crippen LogP contribution in [0.25, 0.3) is 11.4 Å². The lowest BCUT2D eigenvalue weighted by Gasteiger charge is -2.27. The zero-order valence-corrected chi connectivity index (χ0v) is 15.2. The Balaban J connectivity index is 1.57. The molecule has 0 saturated heterocycles. The van der Waals surface area contributed by atoms with Gasteiger partial charge in [-0.25, -0.2) is 4.98 Å². The van der Waals surface area contributed by atoms with E-state index in [1.165, 1.54) is 5.56 Å². The smallest absolute Gasteiger partial charge is 0.255 e. The molecule has 0 saturated carbocycles. The van der Waals surface area contributed by atoms with E-state index in [0.29, 0.717) is 12.4 Å². The molecular weight excluding hydrogens is 326 g/mol. The largest absolute Gasteiger partial charge is 0.306 e. The maximum Gasteiger partial charge on any atom is 0.255 e. The van der Waals surface area contributed by atoms with Crippen molar-refractivity contribution in [2.75, 3.05) is 6.54 Å². The molecule has 0 aliphatic carbocycles. The lowest BCUT2D eigenvalue weighted by Crippen LogP contribution is -2.35. The lowest BCUT2D eigenvalue weighted by molar-refractivity contribution is 0.241. The third-order valence-corrected chi connectivity index (χ3v) is 4.96. The van der Waals surface area contributed by atoms with Crippen LogP contribution in [0, 0.1) is 6.92 Å². The van der Waals surface area contributed by atoms with Gasteiger partial charge in [0.15, 0.2) is 0 Å². The van der Waals surface area contributed by atoms with E-state index in [0.717, 1.165) is 48.6 Å². The van der Waals surface area contributed by atoms with Crippen molar-refractivity contribution in [3.63, 3.8) is 0 Å². The monoisotopic (exact) mass is 349 g/mol. The molecule has 6 heteroatoms. The molecular formula is C20H23N5O. The number of benzene rings is 1. The van der Waals surface area contributed by atoms with Gasteiger partial charge in [-0.05, 0) is 13.8 Å². The molecule has 0 atom stereocenters. The highest BCUT2D eigenvalue weighted by Crippen LogP contribution is 2.20. The summed E-state index contributed by atoms with van der Waals surface area (Å²) in [7, 11) is 0. The Hall–Kier alpha value is -2.73. The van der Waals surface area contributed by atoms with Gasteiger partial charge in [0.25, 0.3) is 5.56 Å². The summed E-state index contributed by atoms with van der Waals surface area (Å²) in [4.78, 5) is 22.6. The predicted octanol–water partition coefficient (Wildman–Crippen LogP) is 2.52. The molecule has 0 unspecified atom stereocenters. The molecule has 1 aliphatic rings. The fourth-order valence-corrected chi connectivity index (χ4v) is 3.47. The summed E-state index contributed by atoms with van der Waals surface area (Å²) >= 11 is 0. The zero-order chi connectivity index (χ0) is 18.1. The van der Waals surface area contributed by atoms with Gasteiger partial charge in [0.2, 0.25) is 0 Å². The van der Waals surface area contributed by atoms with E-state index >= 15 is 0 Å². The summed E-state index contributed by atoms with van der Waals surface area (Å²) in [6.45, 7) is 7.33. The third kappa shape index (κ3) is 3.20. The Kier molecular flexibility index (Phi) is 4.42. The van der Waals surface area contributed by atoms with Crippen molar-refractivity contribution in [3.05, 3.63) is 69.4 Å². The minimum Gasteiger partial charge on any atom is -0.306 e. The summed E-state index contributed by atoms with van der Waals surface area (Å²) < 4.78 is 1.96. The van der Waals surface area contributed by atoms with Crippen molar-refractivity contribution in [3.8, 4) is 11.4 Å². The standard InChI is InChI=1S/C20H23N5O/c1-3-25-12-16(14(2)23-25)11-24-10-9-18-17(13-24)20(26)22-19(21-18)15-7-5-4-6-8-15/h4-8,12H,3,9-11,13H2,1-2H3,(H,21,22,26). The number of aromatic amines is 1. The number of H-pyrrole nitrogens is 1. The molecule has 3 aromatic rings. The van der Waals surface area contributed by atoms with E-state index in [1.807, 2.05) is 41.9 Å². The van der Waals surface area contributed by atoms with Gasteiger partial charge in [-0.3, -0.25) is 14.4 Å². The predicted molar refractivity (Wildman–Crippen MR) is 101 cm³/mol. The Morgan fingerprint density at radius 2 is 2.04 bits per heavy atom. The number of aryl methyl sites for hydroxylation is 2. The van der Waals surface area contributed by atoms with Crippen molar-refractivity contribution in [2.45, 2.75) is 39.9 Å². The second-order valence-corrected chi connectivity index (χ2v) is 6.76. The highest BCUT2D eigenvalue weighted by molar-refractivity contribution is 5.54. The van der Waals surface area contributed by atoms with Crippen LogP contribution in [-0.2, 0) is 26.1 Å². The first kappa shape index (κ1) is 16.7. The number of aromatic nitrogens is 4. The van der Waals surface area contributed by atoms with Crippen molar-refractivity contribution in [2.24, 2.45) is 0 Å². The Labute approximate surface area is 152 Å². The summed E-state index contributed by atoms with van der Waals surface area (Å²) in [6.07, 6.45) is 2.89. The zero-order valence-electron chi connectivity index (χ0n) is 15.2. The van der Waals surface area contributed by atoms with Gasteiger partial charge < -0.3 is 4.98 Å². The minimum atomic E-state index is -0.0282. The first-order valence-corrected chi connectivity index (χ1v) is 9.07. The van der Waals surface area contributed by atoms with Gasteiger partial charge in [0, 0.05) is 49.9 Å². The molecule has 0 spiro atoms. The molecule has 1 N–H and O–H groups in total. The number of hydrogen-bond acceptors (Lipinski definition) is 4. The third-order valence-electron chi connectivity index (χ3n) is 4.96. The first-order chi connectivity index (χ1) is 12.6. The first-order valence-electron chi connectivity index (χ1n) is 9.07. The molecule has 6 nitrogen and oxygen atoms in total.